The highest BCUT2D eigenvalue weighted by molar-refractivity contribution is 7.92. The van der Waals surface area contributed by atoms with Gasteiger partial charge < -0.3 is 14.8 Å². The van der Waals surface area contributed by atoms with Crippen LogP contribution in [0, 0.1) is 17.5 Å². The Morgan fingerprint density at radius 3 is 2.21 bits per heavy atom. The molecule has 182 valence electrons. The predicted molar refractivity (Wildman–Crippen MR) is 111 cm³/mol. The van der Waals surface area contributed by atoms with Crippen molar-refractivity contribution in [1.29, 1.82) is 0 Å². The molecule has 1 amide bonds. The van der Waals surface area contributed by atoms with Gasteiger partial charge in [0.2, 0.25) is 0 Å². The van der Waals surface area contributed by atoms with Gasteiger partial charge in [-0.3, -0.25) is 14.6 Å². The van der Waals surface area contributed by atoms with Crippen molar-refractivity contribution in [3.05, 3.63) is 35.3 Å². The van der Waals surface area contributed by atoms with E-state index in [0.29, 0.717) is 12.1 Å². The molecule has 1 heterocycles. The molecule has 1 aromatic carbocycles. The topological polar surface area (TPSA) is 139 Å². The lowest BCUT2D eigenvalue weighted by Gasteiger charge is -2.22. The molecule has 0 unspecified atom stereocenters. The fraction of sp³-hybridized carbons (Fsp3) is 0.421. The van der Waals surface area contributed by atoms with Gasteiger partial charge in [0.05, 0.1) is 18.9 Å². The molecule has 3 N–H and O–H groups in total. The quantitative estimate of drug-likeness (QED) is 0.361. The van der Waals surface area contributed by atoms with Crippen LogP contribution in [0.15, 0.2) is 12.1 Å². The van der Waals surface area contributed by atoms with Gasteiger partial charge in [0.25, 0.3) is 10.0 Å². The summed E-state index contributed by atoms with van der Waals surface area (Å²) in [6.07, 6.45) is -0.989. The third-order valence-corrected chi connectivity index (χ3v) is 5.41. The molecule has 14 heteroatoms. The van der Waals surface area contributed by atoms with E-state index in [1.807, 2.05) is 5.32 Å². The molecule has 0 spiro atoms. The van der Waals surface area contributed by atoms with Gasteiger partial charge in [-0.25, -0.2) is 26.4 Å². The molecule has 0 saturated carbocycles. The van der Waals surface area contributed by atoms with Gasteiger partial charge in [-0.05, 0) is 45.4 Å². The zero-order valence-electron chi connectivity index (χ0n) is 18.2. The molecule has 0 atom stereocenters. The molecule has 0 saturated heterocycles. The summed E-state index contributed by atoms with van der Waals surface area (Å²) in [5.74, 6) is -6.90. The molecule has 0 aliphatic carbocycles. The summed E-state index contributed by atoms with van der Waals surface area (Å²) in [6.45, 7) is 5.97. The molecule has 10 nitrogen and oxygen atoms in total. The average Bonchev–Trinajstić information content (AvgIpc) is 3.14. The first-order valence-electron chi connectivity index (χ1n) is 9.66. The number of aromatic amines is 1. The Bertz CT molecular complexity index is 1130. The van der Waals surface area contributed by atoms with Gasteiger partial charge in [0.1, 0.15) is 11.3 Å². The number of ether oxygens (including phenoxy) is 2. The van der Waals surface area contributed by atoms with Gasteiger partial charge in [0, 0.05) is 5.56 Å². The summed E-state index contributed by atoms with van der Waals surface area (Å²) in [5.41, 5.74) is -2.05. The summed E-state index contributed by atoms with van der Waals surface area (Å²) < 4.78 is 78.0. The number of carbonyl (C=O) groups excluding carboxylic acids is 2. The summed E-state index contributed by atoms with van der Waals surface area (Å²) in [5, 5.41) is 8.32. The lowest BCUT2D eigenvalue weighted by atomic mass is 9.85. The van der Waals surface area contributed by atoms with E-state index >= 15 is 0 Å². The molecular weight excluding hydrogens is 469 g/mol. The SMILES string of the molecule is CCOC(=O)NCS(=O)(=O)Nc1n[nH]c(C(C)(C)C(=O)OCC)c1-c1cc(F)c(F)c(F)c1. The molecule has 2 rings (SSSR count). The third-order valence-electron chi connectivity index (χ3n) is 4.38. The molecule has 33 heavy (non-hydrogen) atoms. The van der Waals surface area contributed by atoms with Gasteiger partial charge >= 0.3 is 12.1 Å². The van der Waals surface area contributed by atoms with E-state index in [2.05, 4.69) is 19.7 Å². The van der Waals surface area contributed by atoms with E-state index in [1.54, 1.807) is 6.92 Å². The van der Waals surface area contributed by atoms with Crippen LogP contribution in [0.4, 0.5) is 23.8 Å². The number of anilines is 1. The Morgan fingerprint density at radius 1 is 1.09 bits per heavy atom. The summed E-state index contributed by atoms with van der Waals surface area (Å²) in [6, 6.07) is 1.26. The minimum absolute atomic E-state index is 0.0107. The van der Waals surface area contributed by atoms with E-state index in [4.69, 9.17) is 4.74 Å². The van der Waals surface area contributed by atoms with E-state index in [-0.39, 0.29) is 30.0 Å². The second-order valence-corrected chi connectivity index (χ2v) is 8.90. The van der Waals surface area contributed by atoms with Crippen LogP contribution in [0.2, 0.25) is 0 Å². The number of amides is 1. The minimum atomic E-state index is -4.29. The largest absolute Gasteiger partial charge is 0.465 e. The Labute approximate surface area is 187 Å². The van der Waals surface area contributed by atoms with E-state index < -0.39 is 56.6 Å². The Balaban J connectivity index is 2.58. The third kappa shape index (κ3) is 5.94. The van der Waals surface area contributed by atoms with Gasteiger partial charge in [-0.1, -0.05) is 0 Å². The molecule has 0 aliphatic heterocycles. The van der Waals surface area contributed by atoms with Crippen LogP contribution in [0.5, 0.6) is 0 Å². The summed E-state index contributed by atoms with van der Waals surface area (Å²) >= 11 is 0. The Hall–Kier alpha value is -3.29. The van der Waals surface area contributed by atoms with Crippen LogP contribution in [0.1, 0.15) is 33.4 Å². The van der Waals surface area contributed by atoms with Crippen LogP contribution in [0.25, 0.3) is 11.1 Å². The number of nitrogens with zero attached hydrogens (tertiary/aromatic N) is 1. The van der Waals surface area contributed by atoms with Crippen molar-refractivity contribution in [2.45, 2.75) is 33.1 Å². The molecule has 1 aromatic heterocycles. The standard InChI is InChI=1S/C19H23F3N4O6S/c1-5-31-17(27)19(3,4)15-13(10-7-11(20)14(22)12(21)8-10)16(25-24-15)26-33(29,30)9-23-18(28)32-6-2/h7-8H,5-6,9H2,1-4H3,(H,23,28)(H2,24,25,26). The number of esters is 1. The number of hydrogen-bond donors (Lipinski definition) is 3. The molecule has 0 bridgehead atoms. The average molecular weight is 492 g/mol. The number of sulfonamides is 1. The fourth-order valence-corrected chi connectivity index (χ4v) is 3.60. The number of rotatable bonds is 9. The number of benzene rings is 1. The maximum absolute atomic E-state index is 14.0. The van der Waals surface area contributed by atoms with Crippen molar-refractivity contribution in [2.75, 3.05) is 23.8 Å². The van der Waals surface area contributed by atoms with Crippen molar-refractivity contribution < 1.29 is 40.7 Å². The Morgan fingerprint density at radius 2 is 1.67 bits per heavy atom. The first kappa shape index (κ1) is 26.0. The lowest BCUT2D eigenvalue weighted by Crippen LogP contribution is -2.33. The van der Waals surface area contributed by atoms with Gasteiger partial charge in [-0.2, -0.15) is 5.10 Å². The molecule has 0 fully saturated rings. The predicted octanol–water partition coefficient (Wildman–Crippen LogP) is 2.78. The zero-order valence-corrected chi connectivity index (χ0v) is 19.0. The maximum Gasteiger partial charge on any atom is 0.408 e. The van der Waals surface area contributed by atoms with E-state index in [9.17, 15) is 31.2 Å². The van der Waals surface area contributed by atoms with E-state index in [1.165, 1.54) is 20.8 Å². The fourth-order valence-electron chi connectivity index (χ4n) is 2.78. The molecule has 0 aliphatic rings. The van der Waals surface area contributed by atoms with Crippen LogP contribution >= 0.6 is 0 Å². The van der Waals surface area contributed by atoms with Crippen molar-refractivity contribution in [3.63, 3.8) is 0 Å². The number of hydrogen-bond acceptors (Lipinski definition) is 7. The van der Waals surface area contributed by atoms with Gasteiger partial charge in [0.15, 0.2) is 23.3 Å². The molecule has 2 aromatic rings. The number of carbonyl (C=O) groups is 2. The summed E-state index contributed by atoms with van der Waals surface area (Å²) in [7, 11) is -4.29. The van der Waals surface area contributed by atoms with Crippen molar-refractivity contribution in [2.24, 2.45) is 0 Å². The number of alkyl carbamates (subject to hydrolysis) is 1. The number of H-pyrrole nitrogens is 1. The molecular formula is C19H23F3N4O6S. The highest BCUT2D eigenvalue weighted by Gasteiger charge is 2.38. The smallest absolute Gasteiger partial charge is 0.408 e. The highest BCUT2D eigenvalue weighted by Crippen LogP contribution is 2.38. The van der Waals surface area contributed by atoms with Crippen molar-refractivity contribution in [1.82, 2.24) is 15.5 Å². The van der Waals surface area contributed by atoms with Crippen molar-refractivity contribution >= 4 is 27.9 Å². The van der Waals surface area contributed by atoms with Crippen molar-refractivity contribution in [3.8, 4) is 11.1 Å². The number of nitrogens with one attached hydrogen (secondary N) is 3. The Kier molecular flexibility index (Phi) is 7.95. The number of halogens is 3. The van der Waals surface area contributed by atoms with Crippen LogP contribution < -0.4 is 10.0 Å². The maximum atomic E-state index is 14.0. The second kappa shape index (κ2) is 10.1. The normalized spacial score (nSPS) is 11.7. The minimum Gasteiger partial charge on any atom is -0.465 e. The highest BCUT2D eigenvalue weighted by atomic mass is 32.2. The van der Waals surface area contributed by atoms with Crippen LogP contribution in [0.3, 0.4) is 0 Å². The monoisotopic (exact) mass is 492 g/mol. The number of aromatic nitrogens is 2. The first-order chi connectivity index (χ1) is 15.3. The lowest BCUT2D eigenvalue weighted by molar-refractivity contribution is -0.148. The van der Waals surface area contributed by atoms with E-state index in [0.717, 1.165) is 0 Å². The second-order valence-electron chi connectivity index (χ2n) is 7.18. The first-order valence-corrected chi connectivity index (χ1v) is 11.3. The van der Waals surface area contributed by atoms with Gasteiger partial charge in [-0.15, -0.1) is 0 Å². The zero-order chi connectivity index (χ0) is 25.0. The van der Waals surface area contributed by atoms with Crippen LogP contribution in [-0.4, -0.2) is 49.8 Å². The summed E-state index contributed by atoms with van der Waals surface area (Å²) in [4.78, 5) is 23.9. The molecule has 0 radical (unpaired) electrons. The van der Waals surface area contributed by atoms with Crippen LogP contribution in [-0.2, 0) is 29.7 Å².